The smallest absolute Gasteiger partial charge is 0.222 e. The lowest BCUT2D eigenvalue weighted by molar-refractivity contribution is -0.125. The van der Waals surface area contributed by atoms with Gasteiger partial charge in [-0.15, -0.1) is 0 Å². The van der Waals surface area contributed by atoms with Crippen LogP contribution in [-0.2, 0) is 16.1 Å². The van der Waals surface area contributed by atoms with E-state index in [-0.39, 0.29) is 18.1 Å². The minimum atomic E-state index is 0.00278. The molecule has 122 valence electrons. The van der Waals surface area contributed by atoms with Crippen LogP contribution < -0.4 is 10.6 Å². The summed E-state index contributed by atoms with van der Waals surface area (Å²) in [6.45, 7) is 6.07. The molecule has 1 aromatic carbocycles. The summed E-state index contributed by atoms with van der Waals surface area (Å²) in [4.78, 5) is 14.2. The van der Waals surface area contributed by atoms with Crippen LogP contribution in [0.15, 0.2) is 30.3 Å². The van der Waals surface area contributed by atoms with E-state index in [0.29, 0.717) is 13.0 Å². The highest BCUT2D eigenvalue weighted by Gasteiger charge is 2.18. The third-order valence-corrected chi connectivity index (χ3v) is 3.71. The number of amides is 1. The molecule has 1 fully saturated rings. The summed E-state index contributed by atoms with van der Waals surface area (Å²) < 4.78 is 5.56. The first-order valence-corrected chi connectivity index (χ1v) is 7.97. The van der Waals surface area contributed by atoms with E-state index in [2.05, 4.69) is 34.7 Å². The van der Waals surface area contributed by atoms with Gasteiger partial charge in [0.1, 0.15) is 0 Å². The molecule has 0 bridgehead atoms. The van der Waals surface area contributed by atoms with Gasteiger partial charge in [-0.2, -0.15) is 0 Å². The molecule has 0 saturated carbocycles. The number of morpholine rings is 1. The predicted molar refractivity (Wildman–Crippen MR) is 87.6 cm³/mol. The average Bonchev–Trinajstić information content (AvgIpc) is 2.48. The number of carbonyl (C=O) groups is 1. The Morgan fingerprint density at radius 3 is 2.91 bits per heavy atom. The van der Waals surface area contributed by atoms with Crippen molar-refractivity contribution in [3.05, 3.63) is 35.9 Å². The van der Waals surface area contributed by atoms with Crippen molar-refractivity contribution in [1.82, 2.24) is 15.5 Å². The SMILES string of the molecule is CC(CN(C)Cc1ccccc1)NC(=O)CC1CNCCO1. The van der Waals surface area contributed by atoms with E-state index in [4.69, 9.17) is 4.74 Å². The summed E-state index contributed by atoms with van der Waals surface area (Å²) in [6, 6.07) is 10.5. The number of hydrogen-bond acceptors (Lipinski definition) is 4. The minimum Gasteiger partial charge on any atom is -0.375 e. The van der Waals surface area contributed by atoms with Crippen LogP contribution >= 0.6 is 0 Å². The topological polar surface area (TPSA) is 53.6 Å². The third kappa shape index (κ3) is 6.13. The van der Waals surface area contributed by atoms with E-state index in [9.17, 15) is 4.79 Å². The lowest BCUT2D eigenvalue weighted by Gasteiger charge is -2.25. The second-order valence-electron chi connectivity index (χ2n) is 6.05. The molecule has 2 atom stereocenters. The summed E-state index contributed by atoms with van der Waals surface area (Å²) in [5.41, 5.74) is 1.28. The van der Waals surface area contributed by atoms with Gasteiger partial charge < -0.3 is 20.3 Å². The zero-order chi connectivity index (χ0) is 15.8. The lowest BCUT2D eigenvalue weighted by Crippen LogP contribution is -2.45. The maximum absolute atomic E-state index is 12.0. The highest BCUT2D eigenvalue weighted by Crippen LogP contribution is 2.04. The Kier molecular flexibility index (Phi) is 6.83. The van der Waals surface area contributed by atoms with Gasteiger partial charge in [0.05, 0.1) is 19.1 Å². The van der Waals surface area contributed by atoms with E-state index in [1.165, 1.54) is 5.56 Å². The van der Waals surface area contributed by atoms with Crippen LogP contribution in [0.2, 0.25) is 0 Å². The normalized spacial score (nSPS) is 19.9. The van der Waals surface area contributed by atoms with Crippen LogP contribution in [0.1, 0.15) is 18.9 Å². The van der Waals surface area contributed by atoms with Crippen molar-refractivity contribution in [2.75, 3.05) is 33.3 Å². The molecular formula is C17H27N3O2. The average molecular weight is 305 g/mol. The van der Waals surface area contributed by atoms with Gasteiger partial charge in [0, 0.05) is 32.2 Å². The summed E-state index contributed by atoms with van der Waals surface area (Å²) in [6.07, 6.45) is 0.433. The Hall–Kier alpha value is -1.43. The number of carbonyl (C=O) groups excluding carboxylic acids is 1. The summed E-state index contributed by atoms with van der Waals surface area (Å²) in [5.74, 6) is 0.0642. The fourth-order valence-electron chi connectivity index (χ4n) is 2.76. The molecule has 1 heterocycles. The van der Waals surface area contributed by atoms with Gasteiger partial charge in [0.25, 0.3) is 0 Å². The summed E-state index contributed by atoms with van der Waals surface area (Å²) >= 11 is 0. The molecule has 2 unspecified atom stereocenters. The summed E-state index contributed by atoms with van der Waals surface area (Å²) in [5, 5.41) is 6.30. The molecule has 2 N–H and O–H groups in total. The number of hydrogen-bond donors (Lipinski definition) is 2. The maximum Gasteiger partial charge on any atom is 0.222 e. The number of nitrogens with zero attached hydrogens (tertiary/aromatic N) is 1. The Morgan fingerprint density at radius 1 is 1.45 bits per heavy atom. The Morgan fingerprint density at radius 2 is 2.23 bits per heavy atom. The van der Waals surface area contributed by atoms with E-state index >= 15 is 0 Å². The zero-order valence-corrected chi connectivity index (χ0v) is 13.5. The third-order valence-electron chi connectivity index (χ3n) is 3.71. The van der Waals surface area contributed by atoms with Gasteiger partial charge in [0.2, 0.25) is 5.91 Å². The van der Waals surface area contributed by atoms with Crippen LogP contribution in [0.25, 0.3) is 0 Å². The van der Waals surface area contributed by atoms with E-state index in [0.717, 1.165) is 26.2 Å². The highest BCUT2D eigenvalue weighted by atomic mass is 16.5. The number of ether oxygens (including phenoxy) is 1. The van der Waals surface area contributed by atoms with Gasteiger partial charge in [-0.1, -0.05) is 30.3 Å². The second-order valence-corrected chi connectivity index (χ2v) is 6.05. The molecule has 2 rings (SSSR count). The van der Waals surface area contributed by atoms with E-state index in [1.54, 1.807) is 0 Å². The monoisotopic (exact) mass is 305 g/mol. The van der Waals surface area contributed by atoms with E-state index < -0.39 is 0 Å². The van der Waals surface area contributed by atoms with Gasteiger partial charge in [0.15, 0.2) is 0 Å². The van der Waals surface area contributed by atoms with Gasteiger partial charge in [-0.05, 0) is 19.5 Å². The number of rotatable bonds is 7. The molecule has 1 saturated heterocycles. The zero-order valence-electron chi connectivity index (χ0n) is 13.5. The molecule has 1 aromatic rings. The number of nitrogens with one attached hydrogen (secondary N) is 2. The Labute approximate surface area is 133 Å². The summed E-state index contributed by atoms with van der Waals surface area (Å²) in [7, 11) is 2.07. The standard InChI is InChI=1S/C17H27N3O2/c1-14(12-20(2)13-15-6-4-3-5-7-15)19-17(21)10-16-11-18-8-9-22-16/h3-7,14,16,18H,8-13H2,1-2H3,(H,19,21). The molecule has 22 heavy (non-hydrogen) atoms. The van der Waals surface area contributed by atoms with Crippen LogP contribution in [0, 0.1) is 0 Å². The first-order valence-electron chi connectivity index (χ1n) is 7.97. The predicted octanol–water partition coefficient (Wildman–Crippen LogP) is 1.00. The van der Waals surface area contributed by atoms with Crippen LogP contribution in [0.3, 0.4) is 0 Å². The molecule has 1 aliphatic heterocycles. The molecule has 0 aromatic heterocycles. The van der Waals surface area contributed by atoms with Crippen molar-refractivity contribution in [2.45, 2.75) is 32.0 Å². The van der Waals surface area contributed by atoms with Crippen molar-refractivity contribution in [3.63, 3.8) is 0 Å². The van der Waals surface area contributed by atoms with Crippen molar-refractivity contribution < 1.29 is 9.53 Å². The lowest BCUT2D eigenvalue weighted by atomic mass is 10.2. The molecule has 5 nitrogen and oxygen atoms in total. The maximum atomic E-state index is 12.0. The Bertz CT molecular complexity index is 446. The Balaban J connectivity index is 1.67. The van der Waals surface area contributed by atoms with Crippen LogP contribution in [-0.4, -0.2) is 56.2 Å². The first-order chi connectivity index (χ1) is 10.6. The van der Waals surface area contributed by atoms with Crippen LogP contribution in [0.4, 0.5) is 0 Å². The van der Waals surface area contributed by atoms with Gasteiger partial charge in [-0.25, -0.2) is 0 Å². The fraction of sp³-hybridized carbons (Fsp3) is 0.588. The van der Waals surface area contributed by atoms with Gasteiger partial charge >= 0.3 is 0 Å². The fourth-order valence-corrected chi connectivity index (χ4v) is 2.76. The minimum absolute atomic E-state index is 0.00278. The first kappa shape index (κ1) is 16.9. The van der Waals surface area contributed by atoms with Crippen molar-refractivity contribution >= 4 is 5.91 Å². The second kappa shape index (κ2) is 8.88. The highest BCUT2D eigenvalue weighted by molar-refractivity contribution is 5.76. The number of benzene rings is 1. The van der Waals surface area contributed by atoms with Crippen molar-refractivity contribution in [2.24, 2.45) is 0 Å². The molecular weight excluding hydrogens is 278 g/mol. The van der Waals surface area contributed by atoms with Crippen molar-refractivity contribution in [3.8, 4) is 0 Å². The molecule has 1 amide bonds. The van der Waals surface area contributed by atoms with E-state index in [1.807, 2.05) is 25.1 Å². The van der Waals surface area contributed by atoms with Crippen molar-refractivity contribution in [1.29, 1.82) is 0 Å². The molecule has 0 radical (unpaired) electrons. The van der Waals surface area contributed by atoms with Gasteiger partial charge in [-0.3, -0.25) is 4.79 Å². The molecule has 1 aliphatic rings. The van der Waals surface area contributed by atoms with Crippen LogP contribution in [0.5, 0.6) is 0 Å². The number of likely N-dealkylation sites (N-methyl/N-ethyl adjacent to an activating group) is 1. The molecule has 5 heteroatoms. The molecule has 0 spiro atoms. The quantitative estimate of drug-likeness (QED) is 0.789. The molecule has 0 aliphatic carbocycles. The largest absolute Gasteiger partial charge is 0.375 e.